The lowest BCUT2D eigenvalue weighted by Gasteiger charge is -2.27. The van der Waals surface area contributed by atoms with Crippen LogP contribution in [0.5, 0.6) is 0 Å². The summed E-state index contributed by atoms with van der Waals surface area (Å²) in [7, 11) is -2.96. The monoisotopic (exact) mass is 526 g/mol. The first kappa shape index (κ1) is 24.9. The molecule has 2 fully saturated rings. The van der Waals surface area contributed by atoms with Crippen molar-refractivity contribution in [2.24, 2.45) is 11.8 Å². The second-order valence-electron chi connectivity index (χ2n) is 10.0. The van der Waals surface area contributed by atoms with Crippen molar-refractivity contribution in [3.63, 3.8) is 0 Å². The second kappa shape index (κ2) is 10.3. The number of sulfone groups is 1. The van der Waals surface area contributed by atoms with E-state index in [0.717, 1.165) is 59.1 Å². The van der Waals surface area contributed by atoms with Gasteiger partial charge in [0.05, 0.1) is 23.1 Å². The van der Waals surface area contributed by atoms with Crippen LogP contribution in [0, 0.1) is 11.8 Å². The molecule has 0 bridgehead atoms. The molecule has 2 aromatic carbocycles. The summed E-state index contributed by atoms with van der Waals surface area (Å²) < 4.78 is 23.7. The highest BCUT2D eigenvalue weighted by Crippen LogP contribution is 2.35. The summed E-state index contributed by atoms with van der Waals surface area (Å²) in [6.45, 7) is 0. The molecule has 1 saturated carbocycles. The van der Waals surface area contributed by atoms with Gasteiger partial charge < -0.3 is 10.4 Å². The summed E-state index contributed by atoms with van der Waals surface area (Å²) >= 11 is 1.50. The average molecular weight is 527 g/mol. The predicted octanol–water partition coefficient (Wildman–Crippen LogP) is 5.48. The standard InChI is InChI=1S/C27H30N2O5S2/c30-25(14-23(27(31)32)18-4-2-1-3-5-18)28-22-9-8-17-6-7-19(12-21(17)13-22)26-29-24(15-35-26)20-10-11-36(33,34)16-20/h6-9,12-13,15,18,20,23H,1-5,10-11,14,16H2,(H,28,30)(H,31,32). The van der Waals surface area contributed by atoms with Gasteiger partial charge in [0, 0.05) is 29.0 Å². The zero-order valence-electron chi connectivity index (χ0n) is 20.0. The lowest BCUT2D eigenvalue weighted by molar-refractivity contribution is -0.146. The van der Waals surface area contributed by atoms with Crippen LogP contribution in [0.15, 0.2) is 41.8 Å². The molecule has 9 heteroatoms. The molecule has 0 radical (unpaired) electrons. The van der Waals surface area contributed by atoms with Gasteiger partial charge in [0.1, 0.15) is 5.01 Å². The number of thiazole rings is 1. The van der Waals surface area contributed by atoms with Crippen molar-refractivity contribution in [2.75, 3.05) is 16.8 Å². The highest BCUT2D eigenvalue weighted by Gasteiger charge is 2.32. The fourth-order valence-electron chi connectivity index (χ4n) is 5.50. The Hall–Kier alpha value is -2.78. The van der Waals surface area contributed by atoms with Crippen molar-refractivity contribution >= 4 is 49.5 Å². The number of aromatic nitrogens is 1. The molecule has 190 valence electrons. The predicted molar refractivity (Wildman–Crippen MR) is 142 cm³/mol. The molecule has 1 aliphatic heterocycles. The van der Waals surface area contributed by atoms with E-state index in [2.05, 4.69) is 5.32 Å². The topological polar surface area (TPSA) is 113 Å². The number of fused-ring (bicyclic) bond motifs is 1. The summed E-state index contributed by atoms with van der Waals surface area (Å²) in [5, 5.41) is 17.3. The Balaban J connectivity index is 1.30. The van der Waals surface area contributed by atoms with Crippen molar-refractivity contribution in [1.29, 1.82) is 0 Å². The highest BCUT2D eigenvalue weighted by atomic mass is 32.2. The van der Waals surface area contributed by atoms with Crippen LogP contribution < -0.4 is 5.32 Å². The molecule has 2 atom stereocenters. The Kier molecular flexibility index (Phi) is 7.12. The zero-order valence-corrected chi connectivity index (χ0v) is 21.6. The van der Waals surface area contributed by atoms with Gasteiger partial charge in [-0.1, -0.05) is 37.5 Å². The van der Waals surface area contributed by atoms with Gasteiger partial charge in [0.15, 0.2) is 9.84 Å². The van der Waals surface area contributed by atoms with Gasteiger partial charge in [-0.05, 0) is 54.2 Å². The van der Waals surface area contributed by atoms with E-state index >= 15 is 0 Å². The summed E-state index contributed by atoms with van der Waals surface area (Å²) in [5.74, 6) is -1.40. The third kappa shape index (κ3) is 5.62. The van der Waals surface area contributed by atoms with E-state index in [9.17, 15) is 23.1 Å². The van der Waals surface area contributed by atoms with Crippen LogP contribution in [0.3, 0.4) is 0 Å². The average Bonchev–Trinajstić information content (AvgIpc) is 3.49. The summed E-state index contributed by atoms with van der Waals surface area (Å²) in [6, 6.07) is 11.7. The summed E-state index contributed by atoms with van der Waals surface area (Å²) in [5.41, 5.74) is 2.41. The minimum Gasteiger partial charge on any atom is -0.481 e. The van der Waals surface area contributed by atoms with E-state index in [4.69, 9.17) is 4.98 Å². The Bertz CT molecular complexity index is 1390. The first-order valence-corrected chi connectivity index (χ1v) is 15.2. The largest absolute Gasteiger partial charge is 0.481 e. The minimum absolute atomic E-state index is 0.0170. The molecular formula is C27H30N2O5S2. The van der Waals surface area contributed by atoms with E-state index in [1.807, 2.05) is 41.8 Å². The third-order valence-corrected chi connectivity index (χ3v) is 10.2. The number of nitrogens with one attached hydrogen (secondary N) is 1. The van der Waals surface area contributed by atoms with Gasteiger partial charge in [-0.15, -0.1) is 11.3 Å². The molecule has 5 rings (SSSR count). The number of nitrogens with zero attached hydrogens (tertiary/aromatic N) is 1. The lowest BCUT2D eigenvalue weighted by atomic mass is 9.78. The summed E-state index contributed by atoms with van der Waals surface area (Å²) in [6.07, 6.45) is 5.55. The van der Waals surface area contributed by atoms with E-state index in [-0.39, 0.29) is 35.7 Å². The minimum atomic E-state index is -2.96. The van der Waals surface area contributed by atoms with Crippen LogP contribution in [-0.4, -0.2) is 41.9 Å². The van der Waals surface area contributed by atoms with Crippen LogP contribution in [-0.2, 0) is 19.4 Å². The number of carbonyl (C=O) groups is 2. The Morgan fingerprint density at radius 3 is 2.56 bits per heavy atom. The Morgan fingerprint density at radius 2 is 1.83 bits per heavy atom. The van der Waals surface area contributed by atoms with Crippen LogP contribution in [0.4, 0.5) is 5.69 Å². The molecule has 2 N–H and O–H groups in total. The van der Waals surface area contributed by atoms with E-state index in [1.54, 1.807) is 0 Å². The van der Waals surface area contributed by atoms with Crippen molar-refractivity contribution in [1.82, 2.24) is 4.98 Å². The Labute approximate surface area is 214 Å². The molecule has 2 heterocycles. The zero-order chi connectivity index (χ0) is 25.3. The second-order valence-corrected chi connectivity index (χ2v) is 13.1. The van der Waals surface area contributed by atoms with E-state index in [1.165, 1.54) is 11.3 Å². The van der Waals surface area contributed by atoms with Crippen LogP contribution in [0.1, 0.15) is 56.6 Å². The SMILES string of the molecule is O=C(CC(C(=O)O)C1CCCCC1)Nc1ccc2ccc(-c3nc(C4CCS(=O)(=O)C4)cs3)cc2c1. The van der Waals surface area contributed by atoms with Crippen LogP contribution >= 0.6 is 11.3 Å². The van der Waals surface area contributed by atoms with Crippen molar-refractivity contribution in [2.45, 2.75) is 50.9 Å². The van der Waals surface area contributed by atoms with Gasteiger partial charge in [-0.2, -0.15) is 0 Å². The van der Waals surface area contributed by atoms with Crippen molar-refractivity contribution in [3.8, 4) is 10.6 Å². The Morgan fingerprint density at radius 1 is 1.06 bits per heavy atom. The maximum absolute atomic E-state index is 12.7. The van der Waals surface area contributed by atoms with Gasteiger partial charge in [-0.25, -0.2) is 13.4 Å². The maximum atomic E-state index is 12.7. The number of rotatable bonds is 7. The number of hydrogen-bond donors (Lipinski definition) is 2. The fraction of sp³-hybridized carbons (Fsp3) is 0.444. The number of benzene rings is 2. The fourth-order valence-corrected chi connectivity index (χ4v) is 8.16. The molecule has 1 aliphatic carbocycles. The molecule has 3 aromatic rings. The number of carboxylic acid groups (broad SMARTS) is 1. The molecule has 2 aliphatic rings. The van der Waals surface area contributed by atoms with Gasteiger partial charge >= 0.3 is 5.97 Å². The molecule has 36 heavy (non-hydrogen) atoms. The smallest absolute Gasteiger partial charge is 0.307 e. The van der Waals surface area contributed by atoms with Gasteiger partial charge in [0.25, 0.3) is 0 Å². The lowest BCUT2D eigenvalue weighted by Crippen LogP contribution is -2.30. The maximum Gasteiger partial charge on any atom is 0.307 e. The quantitative estimate of drug-likeness (QED) is 0.422. The molecular weight excluding hydrogens is 496 g/mol. The molecule has 1 saturated heterocycles. The molecule has 7 nitrogen and oxygen atoms in total. The van der Waals surface area contributed by atoms with Crippen LogP contribution in [0.2, 0.25) is 0 Å². The number of carbonyl (C=O) groups excluding carboxylic acids is 1. The number of amides is 1. The normalized spacial score (nSPS) is 20.8. The first-order chi connectivity index (χ1) is 17.3. The molecule has 1 aromatic heterocycles. The van der Waals surface area contributed by atoms with Gasteiger partial charge in [-0.3, -0.25) is 9.59 Å². The number of hydrogen-bond acceptors (Lipinski definition) is 6. The first-order valence-electron chi connectivity index (χ1n) is 12.5. The number of anilines is 1. The van der Waals surface area contributed by atoms with Gasteiger partial charge in [0.2, 0.25) is 5.91 Å². The highest BCUT2D eigenvalue weighted by molar-refractivity contribution is 7.91. The molecule has 1 amide bonds. The molecule has 0 spiro atoms. The summed E-state index contributed by atoms with van der Waals surface area (Å²) in [4.78, 5) is 29.3. The third-order valence-electron chi connectivity index (χ3n) is 7.48. The molecule has 2 unspecified atom stereocenters. The van der Waals surface area contributed by atoms with Crippen molar-refractivity contribution < 1.29 is 23.1 Å². The number of aliphatic carboxylic acids is 1. The van der Waals surface area contributed by atoms with E-state index in [0.29, 0.717) is 12.1 Å². The number of carboxylic acids is 1. The van der Waals surface area contributed by atoms with E-state index < -0.39 is 21.7 Å². The van der Waals surface area contributed by atoms with Crippen LogP contribution in [0.25, 0.3) is 21.3 Å². The van der Waals surface area contributed by atoms with Crippen molar-refractivity contribution in [3.05, 3.63) is 47.5 Å².